The Bertz CT molecular complexity index is 1690. The van der Waals surface area contributed by atoms with E-state index in [0.717, 1.165) is 5.56 Å². The third kappa shape index (κ3) is 8.30. The van der Waals surface area contributed by atoms with E-state index in [-0.39, 0.29) is 27.7 Å². The minimum absolute atomic E-state index is 0.00528. The number of benzene rings is 2. The highest BCUT2D eigenvalue weighted by molar-refractivity contribution is 7.92. The summed E-state index contributed by atoms with van der Waals surface area (Å²) < 4.78 is 30.3. The van der Waals surface area contributed by atoms with Gasteiger partial charge in [-0.25, -0.2) is 32.8 Å². The van der Waals surface area contributed by atoms with Crippen LogP contribution in [0.2, 0.25) is 0 Å². The Kier molecular flexibility index (Phi) is 9.78. The molecule has 3 rings (SSSR count). The largest absolute Gasteiger partial charge is 0.464 e. The van der Waals surface area contributed by atoms with Crippen molar-refractivity contribution in [3.05, 3.63) is 71.5 Å². The normalized spacial score (nSPS) is 11.3. The number of nitrogens with zero attached hydrogens (tertiary/aromatic N) is 4. The molecule has 226 valence electrons. The third-order valence-electron chi connectivity index (χ3n) is 5.82. The van der Waals surface area contributed by atoms with Gasteiger partial charge in [-0.05, 0) is 70.4 Å². The molecule has 0 bridgehead atoms. The number of aromatic nitrogens is 2. The molecule has 2 N–H and O–H groups in total. The van der Waals surface area contributed by atoms with Gasteiger partial charge in [0.25, 0.3) is 0 Å². The summed E-state index contributed by atoms with van der Waals surface area (Å²) in [4.78, 5) is 45.7. The number of carboxylic acid groups (broad SMARTS) is 2. The molecule has 0 radical (unpaired) electrons. The van der Waals surface area contributed by atoms with Gasteiger partial charge >= 0.3 is 18.3 Å². The topological polar surface area (TPSA) is 167 Å². The van der Waals surface area contributed by atoms with Crippen LogP contribution in [0.25, 0.3) is 11.3 Å². The molecule has 0 unspecified atom stereocenters. The molecule has 0 aliphatic rings. The molecule has 0 saturated carbocycles. The van der Waals surface area contributed by atoms with Crippen molar-refractivity contribution in [1.82, 2.24) is 14.9 Å². The van der Waals surface area contributed by atoms with Crippen molar-refractivity contribution in [1.29, 1.82) is 0 Å². The maximum absolute atomic E-state index is 12.5. The van der Waals surface area contributed by atoms with Crippen LogP contribution in [0.5, 0.6) is 0 Å². The van der Waals surface area contributed by atoms with Gasteiger partial charge in [-0.15, -0.1) is 0 Å². The fourth-order valence-electron chi connectivity index (χ4n) is 3.68. The molecule has 3 aromatic rings. The highest BCUT2D eigenvalue weighted by atomic mass is 32.2. The van der Waals surface area contributed by atoms with E-state index in [1.165, 1.54) is 35.4 Å². The molecule has 13 heteroatoms. The summed E-state index contributed by atoms with van der Waals surface area (Å²) in [7, 11) is -1.91. The lowest BCUT2D eigenvalue weighted by molar-refractivity contribution is 0.0285. The van der Waals surface area contributed by atoms with Gasteiger partial charge in [-0.1, -0.05) is 30.2 Å². The summed E-state index contributed by atoms with van der Waals surface area (Å²) in [6.07, 6.45) is -2.92. The highest BCUT2D eigenvalue weighted by Gasteiger charge is 2.27. The Morgan fingerprint density at radius 3 is 2.19 bits per heavy atom. The first-order valence-corrected chi connectivity index (χ1v) is 14.6. The van der Waals surface area contributed by atoms with Crippen molar-refractivity contribution < 1.29 is 37.8 Å². The van der Waals surface area contributed by atoms with E-state index in [2.05, 4.69) is 21.8 Å². The lowest BCUT2D eigenvalue weighted by Gasteiger charge is -2.24. The van der Waals surface area contributed by atoms with Crippen LogP contribution in [0, 0.1) is 11.8 Å². The Balaban J connectivity index is 2.02. The van der Waals surface area contributed by atoms with Crippen LogP contribution >= 0.6 is 0 Å². The Morgan fingerprint density at radius 1 is 1.00 bits per heavy atom. The van der Waals surface area contributed by atoms with Crippen molar-refractivity contribution in [2.75, 3.05) is 11.9 Å². The summed E-state index contributed by atoms with van der Waals surface area (Å²) in [5.41, 5.74) is 0.985. The second kappa shape index (κ2) is 12.9. The van der Waals surface area contributed by atoms with Crippen molar-refractivity contribution in [2.45, 2.75) is 56.9 Å². The zero-order chi connectivity index (χ0) is 32.1. The summed E-state index contributed by atoms with van der Waals surface area (Å²) >= 11 is 0. The number of imide groups is 1. The molecule has 0 aliphatic carbocycles. The minimum Gasteiger partial charge on any atom is -0.464 e. The van der Waals surface area contributed by atoms with Crippen molar-refractivity contribution >= 4 is 33.9 Å². The van der Waals surface area contributed by atoms with E-state index < -0.39 is 44.8 Å². The first-order valence-electron chi connectivity index (χ1n) is 13.0. The van der Waals surface area contributed by atoms with E-state index in [0.29, 0.717) is 11.1 Å². The molecule has 0 saturated heterocycles. The SMILES string of the molecule is CC(C)S(=O)(=O)c1ccc(-c2cnc(N(C(=O)O)C(=O)O)c(C#Cc3cccc(CN(C)C(=O)OC(C)(C)C)c3)n2)cc1. The van der Waals surface area contributed by atoms with Gasteiger partial charge in [0.1, 0.15) is 5.60 Å². The molecular weight excluding hydrogens is 576 g/mol. The number of hydrogen-bond donors (Lipinski definition) is 2. The van der Waals surface area contributed by atoms with Crippen molar-refractivity contribution in [3.8, 4) is 23.1 Å². The third-order valence-corrected chi connectivity index (χ3v) is 7.99. The number of amides is 3. The molecule has 0 fully saturated rings. The van der Waals surface area contributed by atoms with Gasteiger partial charge < -0.3 is 19.8 Å². The lowest BCUT2D eigenvalue weighted by atomic mass is 10.1. The van der Waals surface area contributed by atoms with Crippen LogP contribution in [0.1, 0.15) is 51.4 Å². The van der Waals surface area contributed by atoms with E-state index in [4.69, 9.17) is 4.74 Å². The second-order valence-electron chi connectivity index (χ2n) is 10.7. The number of ether oxygens (including phenoxy) is 1. The summed E-state index contributed by atoms with van der Waals surface area (Å²) in [6.45, 7) is 8.67. The molecule has 43 heavy (non-hydrogen) atoms. The maximum Gasteiger partial charge on any atom is 0.422 e. The second-order valence-corrected chi connectivity index (χ2v) is 13.2. The molecule has 0 aliphatic heterocycles. The Morgan fingerprint density at radius 2 is 1.63 bits per heavy atom. The summed E-state index contributed by atoms with van der Waals surface area (Å²) in [5, 5.41) is 18.4. The van der Waals surface area contributed by atoms with E-state index >= 15 is 0 Å². The molecule has 3 amide bonds. The van der Waals surface area contributed by atoms with Gasteiger partial charge in [-0.3, -0.25) is 0 Å². The number of carbonyl (C=O) groups excluding carboxylic acids is 1. The van der Waals surface area contributed by atoms with Crippen LogP contribution in [0.3, 0.4) is 0 Å². The molecule has 12 nitrogen and oxygen atoms in total. The molecule has 1 heterocycles. The first-order chi connectivity index (χ1) is 20.0. The number of hydrogen-bond acceptors (Lipinski definition) is 8. The van der Waals surface area contributed by atoms with Crippen LogP contribution in [-0.2, 0) is 21.1 Å². The first kappa shape index (κ1) is 32.6. The zero-order valence-corrected chi connectivity index (χ0v) is 25.3. The smallest absolute Gasteiger partial charge is 0.422 e. The average molecular weight is 609 g/mol. The Labute approximate surface area is 249 Å². The monoisotopic (exact) mass is 608 g/mol. The van der Waals surface area contributed by atoms with Crippen molar-refractivity contribution in [3.63, 3.8) is 0 Å². The maximum atomic E-state index is 12.5. The summed E-state index contributed by atoms with van der Waals surface area (Å²) in [5.74, 6) is 5.06. The molecular formula is C30H32N4O8S. The zero-order valence-electron chi connectivity index (χ0n) is 24.5. The molecule has 0 atom stereocenters. The van der Waals surface area contributed by atoms with E-state index in [1.54, 1.807) is 65.9 Å². The standard InChI is InChI=1S/C30H32N4O8S/c1-19(2)43(40,41)23-13-11-22(12-14-23)25-17-31-26(34(27(35)36)28(37)38)24(32-25)15-10-20-8-7-9-21(16-20)18-33(6)29(39)42-30(3,4)5/h7-9,11-14,16-17,19H,18H2,1-6H3,(H,35,36)(H,37,38). The van der Waals surface area contributed by atoms with Gasteiger partial charge in [0.05, 0.1) is 22.0 Å². The average Bonchev–Trinajstić information content (AvgIpc) is 2.91. The number of rotatable bonds is 6. The van der Waals surface area contributed by atoms with Gasteiger partial charge in [-0.2, -0.15) is 4.90 Å². The molecule has 1 aromatic heterocycles. The van der Waals surface area contributed by atoms with Crippen LogP contribution < -0.4 is 4.90 Å². The Hall–Kier alpha value is -4.96. The van der Waals surface area contributed by atoms with Gasteiger partial charge in [0.2, 0.25) is 0 Å². The van der Waals surface area contributed by atoms with Gasteiger partial charge in [0, 0.05) is 24.7 Å². The van der Waals surface area contributed by atoms with Crippen LogP contribution in [0.15, 0.2) is 59.6 Å². The highest BCUT2D eigenvalue weighted by Crippen LogP contribution is 2.25. The molecule has 2 aromatic carbocycles. The number of carbonyl (C=O) groups is 3. The van der Waals surface area contributed by atoms with E-state index in [9.17, 15) is 33.0 Å². The summed E-state index contributed by atoms with van der Waals surface area (Å²) in [6, 6.07) is 12.8. The predicted octanol–water partition coefficient (Wildman–Crippen LogP) is 5.25. The number of anilines is 1. The quantitative estimate of drug-likeness (QED) is 0.353. The van der Waals surface area contributed by atoms with Crippen LogP contribution in [0.4, 0.5) is 20.2 Å². The van der Waals surface area contributed by atoms with Gasteiger partial charge in [0.15, 0.2) is 21.3 Å². The van der Waals surface area contributed by atoms with E-state index in [1.807, 2.05) is 0 Å². The fourth-order valence-corrected chi connectivity index (χ4v) is 4.74. The number of sulfone groups is 1. The fraction of sp³-hybridized carbons (Fsp3) is 0.300. The minimum atomic E-state index is -3.51. The molecule has 0 spiro atoms. The van der Waals surface area contributed by atoms with Crippen LogP contribution in [-0.4, -0.2) is 69.7 Å². The lowest BCUT2D eigenvalue weighted by Crippen LogP contribution is -2.36. The predicted molar refractivity (Wildman–Crippen MR) is 158 cm³/mol. The van der Waals surface area contributed by atoms with Crippen molar-refractivity contribution in [2.24, 2.45) is 0 Å².